The van der Waals surface area contributed by atoms with Crippen LogP contribution in [0.3, 0.4) is 0 Å². The lowest BCUT2D eigenvalue weighted by Crippen LogP contribution is -2.37. The van der Waals surface area contributed by atoms with Crippen molar-refractivity contribution >= 4 is 43.2 Å². The van der Waals surface area contributed by atoms with Crippen LogP contribution < -0.4 is 11.1 Å². The third kappa shape index (κ3) is 3.73. The van der Waals surface area contributed by atoms with Crippen LogP contribution in [0, 0.1) is 0 Å². The summed E-state index contributed by atoms with van der Waals surface area (Å²) in [6.45, 7) is 2.95. The summed E-state index contributed by atoms with van der Waals surface area (Å²) in [6.07, 6.45) is 1.23. The van der Waals surface area contributed by atoms with Gasteiger partial charge in [-0.05, 0) is 37.6 Å². The number of amides is 1. The van der Waals surface area contributed by atoms with E-state index in [1.165, 1.54) is 0 Å². The van der Waals surface area contributed by atoms with E-state index in [4.69, 9.17) is 5.73 Å². The van der Waals surface area contributed by atoms with Crippen LogP contribution in [0.5, 0.6) is 0 Å². The van der Waals surface area contributed by atoms with Crippen LogP contribution in [0.1, 0.15) is 13.3 Å². The van der Waals surface area contributed by atoms with Crippen LogP contribution in [0.2, 0.25) is 0 Å². The number of sulfone groups is 1. The Hall–Kier alpha value is -2.38. The Kier molecular flexibility index (Phi) is 5.02. The molecule has 0 saturated heterocycles. The lowest BCUT2D eigenvalue weighted by molar-refractivity contribution is -0.117. The molecule has 0 bridgehead atoms. The first-order valence-electron chi connectivity index (χ1n) is 8.55. The highest BCUT2D eigenvalue weighted by atomic mass is 32.2. The van der Waals surface area contributed by atoms with Crippen LogP contribution in [0.15, 0.2) is 42.5 Å². The summed E-state index contributed by atoms with van der Waals surface area (Å²) in [5.74, 6) is -0.489. The SMILES string of the molecule is CCn1c2ccccc2c2cc(NC(=O)C(N)CCS(C)(=O)=O)ccc21. The molecule has 1 unspecified atom stereocenters. The molecule has 1 heterocycles. The van der Waals surface area contributed by atoms with Crippen molar-refractivity contribution < 1.29 is 13.2 Å². The summed E-state index contributed by atoms with van der Waals surface area (Å²) in [5, 5.41) is 4.98. The Morgan fingerprint density at radius 2 is 1.85 bits per heavy atom. The minimum absolute atomic E-state index is 0.0993. The quantitative estimate of drug-likeness (QED) is 0.694. The molecule has 0 radical (unpaired) electrons. The van der Waals surface area contributed by atoms with Gasteiger partial charge in [0.2, 0.25) is 5.91 Å². The molecule has 0 aliphatic rings. The second-order valence-corrected chi connectivity index (χ2v) is 8.77. The van der Waals surface area contributed by atoms with E-state index in [0.717, 1.165) is 34.6 Å². The Morgan fingerprint density at radius 1 is 1.15 bits per heavy atom. The van der Waals surface area contributed by atoms with Crippen molar-refractivity contribution in [2.24, 2.45) is 5.73 Å². The number of aryl methyl sites for hydroxylation is 1. The van der Waals surface area contributed by atoms with E-state index in [2.05, 4.69) is 28.9 Å². The Bertz CT molecular complexity index is 1070. The summed E-state index contributed by atoms with van der Waals surface area (Å²) >= 11 is 0. The number of aromatic nitrogens is 1. The average molecular weight is 373 g/mol. The summed E-state index contributed by atoms with van der Waals surface area (Å²) in [4.78, 5) is 12.3. The Balaban J connectivity index is 1.87. The predicted molar refractivity (Wildman–Crippen MR) is 106 cm³/mol. The maximum Gasteiger partial charge on any atom is 0.241 e. The van der Waals surface area contributed by atoms with Gasteiger partial charge in [0.25, 0.3) is 0 Å². The summed E-state index contributed by atoms with van der Waals surface area (Å²) in [7, 11) is -3.14. The van der Waals surface area contributed by atoms with E-state index in [9.17, 15) is 13.2 Å². The summed E-state index contributed by atoms with van der Waals surface area (Å²) in [5.41, 5.74) is 8.73. The van der Waals surface area contributed by atoms with E-state index in [1.54, 1.807) is 0 Å². The molecule has 0 fully saturated rings. The van der Waals surface area contributed by atoms with E-state index < -0.39 is 15.9 Å². The Morgan fingerprint density at radius 3 is 2.54 bits per heavy atom. The summed E-state index contributed by atoms with van der Waals surface area (Å²) in [6, 6.07) is 13.0. The second kappa shape index (κ2) is 7.09. The lowest BCUT2D eigenvalue weighted by Gasteiger charge is -2.12. The van der Waals surface area contributed by atoms with Gasteiger partial charge < -0.3 is 15.6 Å². The number of rotatable bonds is 6. The fourth-order valence-electron chi connectivity index (χ4n) is 3.18. The van der Waals surface area contributed by atoms with Crippen LogP contribution >= 0.6 is 0 Å². The van der Waals surface area contributed by atoms with Gasteiger partial charge in [0.05, 0.1) is 11.8 Å². The van der Waals surface area contributed by atoms with Crippen LogP contribution in [-0.2, 0) is 21.2 Å². The topological polar surface area (TPSA) is 94.2 Å². The van der Waals surface area contributed by atoms with Gasteiger partial charge in [-0.1, -0.05) is 18.2 Å². The van der Waals surface area contributed by atoms with Crippen molar-refractivity contribution in [1.29, 1.82) is 0 Å². The summed E-state index contributed by atoms with van der Waals surface area (Å²) < 4.78 is 24.7. The van der Waals surface area contributed by atoms with Gasteiger partial charge in [0.15, 0.2) is 0 Å². The standard InChI is InChI=1S/C19H23N3O3S/c1-3-22-17-7-5-4-6-14(17)15-12-13(8-9-18(15)22)21-19(23)16(20)10-11-26(2,24)25/h4-9,12,16H,3,10-11,20H2,1-2H3,(H,21,23). The van der Waals surface area contributed by atoms with Crippen molar-refractivity contribution in [2.45, 2.75) is 25.9 Å². The molecule has 0 aliphatic carbocycles. The average Bonchev–Trinajstić information content (AvgIpc) is 2.92. The minimum Gasteiger partial charge on any atom is -0.341 e. The number of benzene rings is 2. The van der Waals surface area contributed by atoms with Crippen molar-refractivity contribution in [3.63, 3.8) is 0 Å². The molecule has 26 heavy (non-hydrogen) atoms. The largest absolute Gasteiger partial charge is 0.341 e. The molecule has 0 aliphatic heterocycles. The monoisotopic (exact) mass is 373 g/mol. The van der Waals surface area contributed by atoms with Gasteiger partial charge in [-0.3, -0.25) is 4.79 Å². The highest BCUT2D eigenvalue weighted by Crippen LogP contribution is 2.30. The number of nitrogens with zero attached hydrogens (tertiary/aromatic N) is 1. The first-order chi connectivity index (χ1) is 12.3. The highest BCUT2D eigenvalue weighted by molar-refractivity contribution is 7.90. The number of carbonyl (C=O) groups excluding carboxylic acids is 1. The number of carbonyl (C=O) groups is 1. The smallest absolute Gasteiger partial charge is 0.241 e. The molecule has 1 amide bonds. The van der Waals surface area contributed by atoms with Gasteiger partial charge in [0, 0.05) is 40.3 Å². The molecule has 0 saturated carbocycles. The van der Waals surface area contributed by atoms with Crippen molar-refractivity contribution in [3.05, 3.63) is 42.5 Å². The maximum atomic E-state index is 12.3. The highest BCUT2D eigenvalue weighted by Gasteiger charge is 2.17. The molecule has 1 atom stereocenters. The minimum atomic E-state index is -3.14. The zero-order valence-corrected chi connectivity index (χ0v) is 15.7. The van der Waals surface area contributed by atoms with Gasteiger partial charge >= 0.3 is 0 Å². The first kappa shape index (κ1) is 18.4. The Labute approximate surface area is 152 Å². The van der Waals surface area contributed by atoms with Gasteiger partial charge in [-0.15, -0.1) is 0 Å². The van der Waals surface area contributed by atoms with E-state index >= 15 is 0 Å². The molecular weight excluding hydrogens is 350 g/mol. The lowest BCUT2D eigenvalue weighted by atomic mass is 10.1. The molecule has 3 aromatic rings. The zero-order valence-electron chi connectivity index (χ0n) is 14.9. The van der Waals surface area contributed by atoms with Crippen molar-refractivity contribution in [3.8, 4) is 0 Å². The normalized spacial score (nSPS) is 13.2. The number of fused-ring (bicyclic) bond motifs is 3. The molecule has 6 nitrogen and oxygen atoms in total. The number of nitrogens with one attached hydrogen (secondary N) is 1. The molecule has 3 rings (SSSR count). The van der Waals surface area contributed by atoms with Crippen LogP contribution in [0.4, 0.5) is 5.69 Å². The van der Waals surface area contributed by atoms with Gasteiger partial charge in [-0.2, -0.15) is 0 Å². The fourth-order valence-corrected chi connectivity index (χ4v) is 3.86. The first-order valence-corrected chi connectivity index (χ1v) is 10.6. The number of anilines is 1. The number of nitrogens with two attached hydrogens (primary N) is 1. The molecule has 1 aromatic heterocycles. The van der Waals surface area contributed by atoms with Crippen molar-refractivity contribution in [1.82, 2.24) is 4.57 Å². The van der Waals surface area contributed by atoms with Crippen molar-refractivity contribution in [2.75, 3.05) is 17.3 Å². The third-order valence-electron chi connectivity index (χ3n) is 4.49. The number of hydrogen-bond acceptors (Lipinski definition) is 4. The zero-order chi connectivity index (χ0) is 18.9. The van der Waals surface area contributed by atoms with Gasteiger partial charge in [-0.25, -0.2) is 8.42 Å². The van der Waals surface area contributed by atoms with E-state index in [1.807, 2.05) is 30.3 Å². The molecule has 0 spiro atoms. The maximum absolute atomic E-state index is 12.3. The molecule has 138 valence electrons. The van der Waals surface area contributed by atoms with E-state index in [0.29, 0.717) is 5.69 Å². The number of hydrogen-bond donors (Lipinski definition) is 2. The second-order valence-electron chi connectivity index (χ2n) is 6.51. The number of para-hydroxylation sites is 1. The van der Waals surface area contributed by atoms with Crippen LogP contribution in [-0.4, -0.2) is 36.9 Å². The third-order valence-corrected chi connectivity index (χ3v) is 5.47. The molecule has 7 heteroatoms. The van der Waals surface area contributed by atoms with Crippen LogP contribution in [0.25, 0.3) is 21.8 Å². The predicted octanol–water partition coefficient (Wildman–Crippen LogP) is 2.51. The van der Waals surface area contributed by atoms with Gasteiger partial charge in [0.1, 0.15) is 9.84 Å². The molecular formula is C19H23N3O3S. The molecule has 2 aromatic carbocycles. The molecule has 3 N–H and O–H groups in total. The fraction of sp³-hybridized carbons (Fsp3) is 0.316. The van der Waals surface area contributed by atoms with E-state index in [-0.39, 0.29) is 18.1 Å².